The molecule has 2 heteroatoms. The Morgan fingerprint density at radius 1 is 1.39 bits per heavy atom. The van der Waals surface area contributed by atoms with Crippen LogP contribution in [0.5, 0.6) is 0 Å². The van der Waals surface area contributed by atoms with Crippen molar-refractivity contribution in [2.24, 2.45) is 0 Å². The molecule has 0 N–H and O–H groups in total. The van der Waals surface area contributed by atoms with E-state index < -0.39 is 0 Å². The third-order valence-electron chi connectivity index (χ3n) is 3.46. The van der Waals surface area contributed by atoms with Crippen LogP contribution in [0.25, 0.3) is 0 Å². The Kier molecular flexibility index (Phi) is 5.23. The number of piperidine rings is 1. The van der Waals surface area contributed by atoms with Gasteiger partial charge in [0.1, 0.15) is 0 Å². The van der Waals surface area contributed by atoms with Crippen LogP contribution in [-0.2, 0) is 0 Å². The summed E-state index contributed by atoms with van der Waals surface area (Å²) in [4.78, 5) is 6.74. The zero-order valence-corrected chi connectivity index (χ0v) is 11.2. The molecule has 1 atom stereocenters. The fourth-order valence-electron chi connectivity index (χ4n) is 2.50. The van der Waals surface area contributed by atoms with E-state index in [-0.39, 0.29) is 0 Å². The number of unbranched alkanes of at least 4 members (excludes halogenated alkanes) is 1. The van der Waals surface area contributed by atoms with Crippen LogP contribution in [0.1, 0.15) is 50.6 Å². The van der Waals surface area contributed by atoms with Gasteiger partial charge in [-0.1, -0.05) is 25.3 Å². The van der Waals surface area contributed by atoms with E-state index in [0.717, 1.165) is 19.4 Å². The van der Waals surface area contributed by atoms with Gasteiger partial charge in [0.2, 0.25) is 0 Å². The molecule has 0 amide bonds. The monoisotopic (exact) mass is 242 g/mol. The Labute approximate surface area is 110 Å². The maximum atomic E-state index is 4.24. The summed E-state index contributed by atoms with van der Waals surface area (Å²) in [6, 6.07) is 4.74. The largest absolute Gasteiger partial charge is 0.285 e. The molecule has 18 heavy (non-hydrogen) atoms. The molecular formula is C16H22N2. The summed E-state index contributed by atoms with van der Waals surface area (Å²) in [7, 11) is 0. The molecule has 1 aromatic heterocycles. The quantitative estimate of drug-likeness (QED) is 0.755. The highest BCUT2D eigenvalue weighted by Gasteiger charge is 2.22. The second-order valence-electron chi connectivity index (χ2n) is 4.87. The van der Waals surface area contributed by atoms with Crippen LogP contribution in [0.4, 0.5) is 0 Å². The van der Waals surface area contributed by atoms with E-state index in [1.807, 2.05) is 18.5 Å². The number of aromatic nitrogens is 1. The third kappa shape index (κ3) is 3.58. The van der Waals surface area contributed by atoms with Crippen molar-refractivity contribution in [3.63, 3.8) is 0 Å². The number of hydrogen-bond acceptors (Lipinski definition) is 2. The Morgan fingerprint density at radius 2 is 2.33 bits per heavy atom. The van der Waals surface area contributed by atoms with Crippen LogP contribution >= 0.6 is 0 Å². The molecule has 2 nitrogen and oxygen atoms in total. The molecule has 1 fully saturated rings. The average molecular weight is 242 g/mol. The van der Waals surface area contributed by atoms with Crippen molar-refractivity contribution >= 4 is 0 Å². The molecule has 1 aliphatic heterocycles. The van der Waals surface area contributed by atoms with Gasteiger partial charge in [0.15, 0.2) is 0 Å². The topological polar surface area (TPSA) is 16.1 Å². The molecule has 0 saturated carbocycles. The number of rotatable bonds is 3. The van der Waals surface area contributed by atoms with Gasteiger partial charge in [-0.3, -0.25) is 9.88 Å². The molecule has 1 saturated heterocycles. The zero-order valence-electron chi connectivity index (χ0n) is 11.2. The molecule has 0 bridgehead atoms. The summed E-state index contributed by atoms with van der Waals surface area (Å²) in [5.41, 5.74) is 1.34. The number of likely N-dealkylation sites (tertiary alicyclic amines) is 1. The molecule has 0 spiro atoms. The highest BCUT2D eigenvalue weighted by atomic mass is 15.2. The Balaban J connectivity index is 2.01. The highest BCUT2D eigenvalue weighted by Crippen LogP contribution is 2.29. The maximum Gasteiger partial charge on any atom is 0.0606 e. The molecule has 0 aromatic carbocycles. The van der Waals surface area contributed by atoms with Crippen molar-refractivity contribution in [1.29, 1.82) is 0 Å². The summed E-state index contributed by atoms with van der Waals surface area (Å²) in [5, 5.41) is 0. The minimum atomic E-state index is 0.517. The minimum Gasteiger partial charge on any atom is -0.285 e. The lowest BCUT2D eigenvalue weighted by Gasteiger charge is -2.34. The molecule has 0 aliphatic carbocycles. The van der Waals surface area contributed by atoms with E-state index in [9.17, 15) is 0 Å². The van der Waals surface area contributed by atoms with Crippen molar-refractivity contribution in [2.45, 2.75) is 45.1 Å². The first-order valence-electron chi connectivity index (χ1n) is 7.01. The Hall–Kier alpha value is -1.33. The van der Waals surface area contributed by atoms with Crippen LogP contribution in [0.3, 0.4) is 0 Å². The molecule has 0 unspecified atom stereocenters. The Morgan fingerprint density at radius 3 is 3.11 bits per heavy atom. The third-order valence-corrected chi connectivity index (χ3v) is 3.46. The molecule has 2 rings (SSSR count). The fourth-order valence-corrected chi connectivity index (χ4v) is 2.50. The highest BCUT2D eigenvalue weighted by molar-refractivity contribution is 5.15. The SMILES string of the molecule is CCCC#CCN1CCCC[C@@H]1c1cccnc1. The summed E-state index contributed by atoms with van der Waals surface area (Å²) in [6.07, 6.45) is 9.87. The van der Waals surface area contributed by atoms with Gasteiger partial charge in [0, 0.05) is 24.9 Å². The van der Waals surface area contributed by atoms with Gasteiger partial charge in [-0.25, -0.2) is 0 Å². The zero-order chi connectivity index (χ0) is 12.6. The molecule has 96 valence electrons. The van der Waals surface area contributed by atoms with Crippen LogP contribution in [0.2, 0.25) is 0 Å². The normalized spacial score (nSPS) is 20.2. The van der Waals surface area contributed by atoms with Gasteiger partial charge in [-0.05, 0) is 37.4 Å². The van der Waals surface area contributed by atoms with Crippen LogP contribution < -0.4 is 0 Å². The van der Waals surface area contributed by atoms with Crippen molar-refractivity contribution in [3.05, 3.63) is 30.1 Å². The lowest BCUT2D eigenvalue weighted by molar-refractivity contribution is 0.169. The second kappa shape index (κ2) is 7.18. The van der Waals surface area contributed by atoms with E-state index >= 15 is 0 Å². The smallest absolute Gasteiger partial charge is 0.0606 e. The summed E-state index contributed by atoms with van der Waals surface area (Å²) in [6.45, 7) is 4.24. The predicted octanol–water partition coefficient (Wildman–Crippen LogP) is 3.41. The molecular weight excluding hydrogens is 220 g/mol. The first-order chi connectivity index (χ1) is 8.92. The van der Waals surface area contributed by atoms with Crippen LogP contribution in [0, 0.1) is 11.8 Å². The predicted molar refractivity (Wildman–Crippen MR) is 75.1 cm³/mol. The number of hydrogen-bond donors (Lipinski definition) is 0. The lowest BCUT2D eigenvalue weighted by Crippen LogP contribution is -2.33. The molecule has 2 heterocycles. The van der Waals surface area contributed by atoms with Crippen molar-refractivity contribution in [2.75, 3.05) is 13.1 Å². The number of nitrogens with zero attached hydrogens (tertiary/aromatic N) is 2. The van der Waals surface area contributed by atoms with Crippen molar-refractivity contribution in [3.8, 4) is 11.8 Å². The van der Waals surface area contributed by atoms with Crippen molar-refractivity contribution < 1.29 is 0 Å². The summed E-state index contributed by atoms with van der Waals surface area (Å²) in [5.74, 6) is 6.56. The van der Waals surface area contributed by atoms with Gasteiger partial charge in [-0.2, -0.15) is 0 Å². The van der Waals surface area contributed by atoms with Gasteiger partial charge in [0.25, 0.3) is 0 Å². The fraction of sp³-hybridized carbons (Fsp3) is 0.562. The van der Waals surface area contributed by atoms with E-state index in [2.05, 4.69) is 34.7 Å². The summed E-state index contributed by atoms with van der Waals surface area (Å²) < 4.78 is 0. The van der Waals surface area contributed by atoms with E-state index in [4.69, 9.17) is 0 Å². The lowest BCUT2D eigenvalue weighted by atomic mass is 9.96. The summed E-state index contributed by atoms with van der Waals surface area (Å²) >= 11 is 0. The molecule has 1 aliphatic rings. The average Bonchev–Trinajstić information content (AvgIpc) is 2.45. The van der Waals surface area contributed by atoms with Gasteiger partial charge in [-0.15, -0.1) is 5.92 Å². The van der Waals surface area contributed by atoms with E-state index in [1.54, 1.807) is 0 Å². The first-order valence-corrected chi connectivity index (χ1v) is 7.01. The van der Waals surface area contributed by atoms with Crippen LogP contribution in [-0.4, -0.2) is 23.0 Å². The second-order valence-corrected chi connectivity index (χ2v) is 4.87. The Bertz CT molecular complexity index is 402. The minimum absolute atomic E-state index is 0.517. The van der Waals surface area contributed by atoms with Crippen LogP contribution in [0.15, 0.2) is 24.5 Å². The molecule has 1 aromatic rings. The van der Waals surface area contributed by atoms with Gasteiger partial charge < -0.3 is 0 Å². The standard InChI is InChI=1S/C16H22N2/c1-2-3-4-6-12-18-13-7-5-10-16(18)15-9-8-11-17-14-15/h8-9,11,14,16H,2-3,5,7,10,12-13H2,1H3/t16-/m1/s1. The van der Waals surface area contributed by atoms with Gasteiger partial charge in [0.05, 0.1) is 6.54 Å². The van der Waals surface area contributed by atoms with E-state index in [1.165, 1.54) is 31.4 Å². The first kappa shape index (κ1) is 13.1. The maximum absolute atomic E-state index is 4.24. The van der Waals surface area contributed by atoms with Crippen molar-refractivity contribution in [1.82, 2.24) is 9.88 Å². The molecule has 0 radical (unpaired) electrons. The van der Waals surface area contributed by atoms with E-state index in [0.29, 0.717) is 6.04 Å². The number of pyridine rings is 1. The van der Waals surface area contributed by atoms with Gasteiger partial charge >= 0.3 is 0 Å².